The van der Waals surface area contributed by atoms with Crippen LogP contribution in [0.5, 0.6) is 0 Å². The lowest BCUT2D eigenvalue weighted by molar-refractivity contribution is 1.21. The minimum atomic E-state index is -0.0264. The number of nitrogens with zero attached hydrogens (tertiary/aromatic N) is 4. The van der Waals surface area contributed by atoms with E-state index in [0.717, 1.165) is 22.5 Å². The Hall–Kier alpha value is -3.00. The van der Waals surface area contributed by atoms with Gasteiger partial charge in [-0.05, 0) is 37.1 Å². The van der Waals surface area contributed by atoms with Crippen LogP contribution < -0.4 is 5.43 Å². The van der Waals surface area contributed by atoms with Crippen LogP contribution in [0.25, 0.3) is 0 Å². The van der Waals surface area contributed by atoms with Gasteiger partial charge in [0.1, 0.15) is 6.07 Å². The fourth-order valence-electron chi connectivity index (χ4n) is 1.66. The van der Waals surface area contributed by atoms with Gasteiger partial charge in [-0.3, -0.25) is 5.43 Å². The molecule has 0 fully saturated rings. The van der Waals surface area contributed by atoms with E-state index in [4.69, 9.17) is 5.26 Å². The van der Waals surface area contributed by atoms with Crippen LogP contribution in [0.1, 0.15) is 11.1 Å². The van der Waals surface area contributed by atoms with Gasteiger partial charge in [0.05, 0.1) is 11.4 Å². The van der Waals surface area contributed by atoms with Gasteiger partial charge in [0.25, 0.3) is 5.84 Å². The quantitative estimate of drug-likeness (QED) is 0.392. The predicted molar refractivity (Wildman–Crippen MR) is 83.5 cm³/mol. The number of nitrogens with one attached hydrogen (secondary N) is 1. The van der Waals surface area contributed by atoms with Crippen molar-refractivity contribution in [2.45, 2.75) is 13.8 Å². The highest BCUT2D eigenvalue weighted by Gasteiger charge is 1.99. The van der Waals surface area contributed by atoms with Crippen molar-refractivity contribution in [3.63, 3.8) is 0 Å². The molecule has 5 heteroatoms. The molecule has 0 unspecified atom stereocenters. The van der Waals surface area contributed by atoms with E-state index < -0.39 is 0 Å². The monoisotopic (exact) mass is 277 g/mol. The van der Waals surface area contributed by atoms with Crippen LogP contribution >= 0.6 is 0 Å². The summed E-state index contributed by atoms with van der Waals surface area (Å²) in [6.07, 6.45) is 0. The van der Waals surface area contributed by atoms with Gasteiger partial charge >= 0.3 is 0 Å². The molecule has 0 aromatic heterocycles. The first-order chi connectivity index (χ1) is 10.2. The molecular formula is C16H15N5. The third kappa shape index (κ3) is 3.98. The molecule has 0 spiro atoms. The van der Waals surface area contributed by atoms with E-state index >= 15 is 0 Å². The number of nitriles is 1. The van der Waals surface area contributed by atoms with E-state index in [1.165, 1.54) is 0 Å². The van der Waals surface area contributed by atoms with Gasteiger partial charge < -0.3 is 0 Å². The Balaban J connectivity index is 2.14. The second-order valence-corrected chi connectivity index (χ2v) is 4.46. The van der Waals surface area contributed by atoms with Crippen molar-refractivity contribution < 1.29 is 0 Å². The highest BCUT2D eigenvalue weighted by molar-refractivity contribution is 5.97. The molecule has 0 heterocycles. The zero-order valence-corrected chi connectivity index (χ0v) is 11.9. The number of azo groups is 1. The number of hydrogen-bond donors (Lipinski definition) is 1. The third-order valence-electron chi connectivity index (χ3n) is 2.90. The lowest BCUT2D eigenvalue weighted by atomic mass is 10.2. The number of anilines is 1. The van der Waals surface area contributed by atoms with E-state index in [-0.39, 0.29) is 5.84 Å². The molecule has 0 amide bonds. The number of hydrogen-bond acceptors (Lipinski definition) is 4. The minimum Gasteiger partial charge on any atom is -0.275 e. The largest absolute Gasteiger partial charge is 0.275 e. The molecule has 0 bridgehead atoms. The number of benzene rings is 2. The second-order valence-electron chi connectivity index (χ2n) is 4.46. The van der Waals surface area contributed by atoms with Crippen molar-refractivity contribution in [2.24, 2.45) is 15.3 Å². The van der Waals surface area contributed by atoms with E-state index in [2.05, 4.69) is 20.8 Å². The summed E-state index contributed by atoms with van der Waals surface area (Å²) in [6, 6.07) is 17.1. The van der Waals surface area contributed by atoms with Crippen molar-refractivity contribution in [1.29, 1.82) is 5.26 Å². The first-order valence-electron chi connectivity index (χ1n) is 6.47. The van der Waals surface area contributed by atoms with Gasteiger partial charge in [0, 0.05) is 0 Å². The molecule has 0 saturated carbocycles. The lowest BCUT2D eigenvalue weighted by Crippen LogP contribution is -1.97. The van der Waals surface area contributed by atoms with Crippen LogP contribution in [0.15, 0.2) is 63.9 Å². The van der Waals surface area contributed by atoms with Gasteiger partial charge in [0.15, 0.2) is 0 Å². The van der Waals surface area contributed by atoms with Crippen molar-refractivity contribution in [2.75, 3.05) is 5.43 Å². The Morgan fingerprint density at radius 2 is 1.67 bits per heavy atom. The fraction of sp³-hybridized carbons (Fsp3) is 0.125. The maximum atomic E-state index is 9.05. The number of amidine groups is 1. The molecule has 21 heavy (non-hydrogen) atoms. The standard InChI is InChI=1S/C16H15N5/c1-12-7-3-5-9-14(12)18-20-16(11-17)21-19-15-10-6-4-8-13(15)2/h3-10,18H,1-2H3. The normalized spacial score (nSPS) is 11.4. The minimum absolute atomic E-state index is 0.0264. The van der Waals surface area contributed by atoms with Gasteiger partial charge in [-0.15, -0.1) is 15.3 Å². The van der Waals surface area contributed by atoms with Crippen molar-refractivity contribution in [3.05, 3.63) is 59.7 Å². The summed E-state index contributed by atoms with van der Waals surface area (Å²) in [7, 11) is 0. The smallest absolute Gasteiger partial charge is 0.270 e. The number of aryl methyl sites for hydroxylation is 2. The summed E-state index contributed by atoms with van der Waals surface area (Å²) in [6.45, 7) is 3.89. The van der Waals surface area contributed by atoms with Crippen molar-refractivity contribution in [3.8, 4) is 6.07 Å². The summed E-state index contributed by atoms with van der Waals surface area (Å²) in [4.78, 5) is 0. The number of hydrazone groups is 1. The molecule has 104 valence electrons. The summed E-state index contributed by atoms with van der Waals surface area (Å²) < 4.78 is 0. The molecule has 2 aromatic carbocycles. The molecular weight excluding hydrogens is 262 g/mol. The molecule has 0 atom stereocenters. The molecule has 2 rings (SSSR count). The summed E-state index contributed by atoms with van der Waals surface area (Å²) in [5.74, 6) is -0.0264. The molecule has 0 aliphatic rings. The van der Waals surface area contributed by atoms with E-state index in [1.807, 2.05) is 68.4 Å². The van der Waals surface area contributed by atoms with E-state index in [1.54, 1.807) is 0 Å². The maximum absolute atomic E-state index is 9.05. The molecule has 5 nitrogen and oxygen atoms in total. The van der Waals surface area contributed by atoms with Crippen LogP contribution in [-0.2, 0) is 0 Å². The Morgan fingerprint density at radius 3 is 2.33 bits per heavy atom. The Bertz CT molecular complexity index is 725. The number of rotatable bonds is 3. The second kappa shape index (κ2) is 6.96. The maximum Gasteiger partial charge on any atom is 0.270 e. The first kappa shape index (κ1) is 14.4. The Kier molecular flexibility index (Phi) is 4.78. The van der Waals surface area contributed by atoms with E-state index in [9.17, 15) is 0 Å². The number of para-hydroxylation sites is 1. The first-order valence-corrected chi connectivity index (χ1v) is 6.47. The average Bonchev–Trinajstić information content (AvgIpc) is 2.50. The van der Waals surface area contributed by atoms with Crippen LogP contribution in [0.4, 0.5) is 11.4 Å². The molecule has 2 aromatic rings. The van der Waals surface area contributed by atoms with Crippen LogP contribution in [-0.4, -0.2) is 5.84 Å². The van der Waals surface area contributed by atoms with Crippen molar-refractivity contribution >= 4 is 17.2 Å². The zero-order valence-electron chi connectivity index (χ0n) is 11.9. The van der Waals surface area contributed by atoms with Crippen molar-refractivity contribution in [1.82, 2.24) is 0 Å². The highest BCUT2D eigenvalue weighted by Crippen LogP contribution is 2.17. The van der Waals surface area contributed by atoms with Gasteiger partial charge in [-0.2, -0.15) is 5.26 Å². The average molecular weight is 277 g/mol. The van der Waals surface area contributed by atoms with E-state index in [0.29, 0.717) is 0 Å². The lowest BCUT2D eigenvalue weighted by Gasteiger charge is -2.03. The van der Waals surface area contributed by atoms with Gasteiger partial charge in [0.2, 0.25) is 0 Å². The molecule has 0 aliphatic heterocycles. The molecule has 0 radical (unpaired) electrons. The van der Waals surface area contributed by atoms with Crippen LogP contribution in [0.3, 0.4) is 0 Å². The van der Waals surface area contributed by atoms with Crippen LogP contribution in [0.2, 0.25) is 0 Å². The summed E-state index contributed by atoms with van der Waals surface area (Å²) in [5, 5.41) is 20.9. The topological polar surface area (TPSA) is 72.9 Å². The summed E-state index contributed by atoms with van der Waals surface area (Å²) >= 11 is 0. The highest BCUT2D eigenvalue weighted by atomic mass is 15.3. The third-order valence-corrected chi connectivity index (χ3v) is 2.90. The zero-order chi connectivity index (χ0) is 15.1. The predicted octanol–water partition coefficient (Wildman–Crippen LogP) is 4.34. The fourth-order valence-corrected chi connectivity index (χ4v) is 1.66. The SMILES string of the molecule is Cc1ccccc1N=NC(C#N)=NNc1ccccc1C. The van der Waals surface area contributed by atoms with Crippen LogP contribution in [0, 0.1) is 25.2 Å². The molecule has 1 N–H and O–H groups in total. The summed E-state index contributed by atoms with van der Waals surface area (Å²) in [5.41, 5.74) is 6.40. The molecule has 0 saturated heterocycles. The van der Waals surface area contributed by atoms with Gasteiger partial charge in [-0.25, -0.2) is 0 Å². The van der Waals surface area contributed by atoms with Gasteiger partial charge in [-0.1, -0.05) is 36.4 Å². The Morgan fingerprint density at radius 1 is 1.00 bits per heavy atom. The Labute approximate surface area is 123 Å². The molecule has 0 aliphatic carbocycles.